The van der Waals surface area contributed by atoms with Crippen LogP contribution in [-0.2, 0) is 11.0 Å². The fraction of sp³-hybridized carbons (Fsp3) is 0.0800. The van der Waals surface area contributed by atoms with Crippen molar-refractivity contribution in [2.75, 3.05) is 23.0 Å². The van der Waals surface area contributed by atoms with Crippen molar-refractivity contribution in [2.45, 2.75) is 6.18 Å². The molecule has 0 unspecified atom stereocenters. The number of H-pyrrole nitrogens is 1. The zero-order chi connectivity index (χ0) is 27.1. The minimum absolute atomic E-state index is 0.129. The minimum atomic E-state index is -4.37. The Balaban J connectivity index is 0.000000219. The number of hydrogen-bond donors (Lipinski definition) is 4. The number of nitrogens with one attached hydrogen (secondary N) is 4. The average molecular weight is 524 g/mol. The molecule has 0 radical (unpaired) electrons. The first kappa shape index (κ1) is 26.0. The smallest absolute Gasteiger partial charge is 0.386 e. The highest BCUT2D eigenvalue weighted by molar-refractivity contribution is 5.91. The second-order valence-electron chi connectivity index (χ2n) is 7.63. The van der Waals surface area contributed by atoms with Gasteiger partial charge in [-0.05, 0) is 48.5 Å². The number of aromatic nitrogens is 5. The molecule has 5 aromatic rings. The van der Waals surface area contributed by atoms with Gasteiger partial charge in [-0.15, -0.1) is 0 Å². The number of amides is 1. The third kappa shape index (κ3) is 6.00. The summed E-state index contributed by atoms with van der Waals surface area (Å²) in [6.45, 7) is 0. The molecule has 38 heavy (non-hydrogen) atoms. The Labute approximate surface area is 213 Å². The predicted molar refractivity (Wildman–Crippen MR) is 135 cm³/mol. The molecule has 3 aromatic heterocycles. The molecule has 0 aliphatic carbocycles. The quantitative estimate of drug-likeness (QED) is 0.168. The van der Waals surface area contributed by atoms with Gasteiger partial charge in [0, 0.05) is 30.2 Å². The van der Waals surface area contributed by atoms with Crippen LogP contribution in [0.5, 0.6) is 0 Å². The number of carbonyl (C=O) groups is 1. The highest BCUT2D eigenvalue weighted by Crippen LogP contribution is 2.32. The Morgan fingerprint density at radius 3 is 2.55 bits per heavy atom. The fourth-order valence-electron chi connectivity index (χ4n) is 3.45. The summed E-state index contributed by atoms with van der Waals surface area (Å²) in [5.74, 6) is 0.287. The van der Waals surface area contributed by atoms with E-state index in [4.69, 9.17) is 0 Å². The molecule has 0 bridgehead atoms. The molecule has 0 atom stereocenters. The van der Waals surface area contributed by atoms with Crippen LogP contribution in [-0.4, -0.2) is 38.4 Å². The molecule has 13 heteroatoms. The van der Waals surface area contributed by atoms with Gasteiger partial charge in [-0.25, -0.2) is 24.3 Å². The maximum Gasteiger partial charge on any atom is 0.416 e. The second-order valence-corrected chi connectivity index (χ2v) is 7.63. The molecule has 0 fully saturated rings. The summed E-state index contributed by atoms with van der Waals surface area (Å²) >= 11 is 0. The van der Waals surface area contributed by atoms with Crippen molar-refractivity contribution in [3.63, 3.8) is 0 Å². The summed E-state index contributed by atoms with van der Waals surface area (Å²) in [5.41, 5.74) is 3.25. The van der Waals surface area contributed by atoms with Crippen LogP contribution in [0.25, 0.3) is 22.4 Å². The van der Waals surface area contributed by atoms with E-state index in [0.717, 1.165) is 23.2 Å². The highest BCUT2D eigenvalue weighted by Gasteiger charge is 2.30. The van der Waals surface area contributed by atoms with E-state index < -0.39 is 11.7 Å². The largest absolute Gasteiger partial charge is 0.416 e. The Bertz CT molecular complexity index is 1550. The number of fused-ring (bicyclic) bond motifs is 1. The summed E-state index contributed by atoms with van der Waals surface area (Å²) in [4.78, 5) is 30.0. The van der Waals surface area contributed by atoms with Crippen LogP contribution in [0, 0.1) is 5.82 Å². The van der Waals surface area contributed by atoms with Crippen LogP contribution in [0.3, 0.4) is 0 Å². The normalized spacial score (nSPS) is 10.9. The van der Waals surface area contributed by atoms with Crippen molar-refractivity contribution in [3.05, 3.63) is 84.8 Å². The van der Waals surface area contributed by atoms with Crippen LogP contribution < -0.4 is 16.0 Å². The molecule has 0 saturated heterocycles. The first-order chi connectivity index (χ1) is 18.3. The van der Waals surface area contributed by atoms with Crippen molar-refractivity contribution < 1.29 is 22.4 Å². The fourth-order valence-corrected chi connectivity index (χ4v) is 3.45. The van der Waals surface area contributed by atoms with Crippen molar-refractivity contribution in [1.29, 1.82) is 0 Å². The van der Waals surface area contributed by atoms with Gasteiger partial charge in [0.1, 0.15) is 29.2 Å². The van der Waals surface area contributed by atoms with Crippen molar-refractivity contribution >= 4 is 40.5 Å². The average Bonchev–Trinajstić information content (AvgIpc) is 3.40. The maximum absolute atomic E-state index is 13.7. The van der Waals surface area contributed by atoms with Gasteiger partial charge in [-0.2, -0.15) is 13.2 Å². The maximum atomic E-state index is 13.7. The molecule has 2 aromatic carbocycles. The highest BCUT2D eigenvalue weighted by atomic mass is 19.4. The number of imidazole rings is 1. The van der Waals surface area contributed by atoms with E-state index in [1.807, 2.05) is 12.1 Å². The number of benzene rings is 2. The van der Waals surface area contributed by atoms with Crippen LogP contribution in [0.1, 0.15) is 5.56 Å². The third-order valence-electron chi connectivity index (χ3n) is 5.20. The monoisotopic (exact) mass is 524 g/mol. The molecule has 0 spiro atoms. The van der Waals surface area contributed by atoms with Gasteiger partial charge in [0.05, 0.1) is 17.6 Å². The number of alkyl halides is 3. The Hall–Kier alpha value is -5.07. The number of rotatable bonds is 6. The number of halogens is 4. The van der Waals surface area contributed by atoms with Crippen molar-refractivity contribution in [3.8, 4) is 11.3 Å². The lowest BCUT2D eigenvalue weighted by Crippen LogP contribution is -2.05. The molecule has 1 amide bonds. The number of carbonyl (C=O) groups excluding carboxylic acids is 1. The van der Waals surface area contributed by atoms with E-state index in [-0.39, 0.29) is 11.5 Å². The van der Waals surface area contributed by atoms with Gasteiger partial charge >= 0.3 is 6.18 Å². The van der Waals surface area contributed by atoms with Crippen molar-refractivity contribution in [1.82, 2.24) is 24.9 Å². The van der Waals surface area contributed by atoms with Gasteiger partial charge < -0.3 is 20.9 Å². The summed E-state index contributed by atoms with van der Waals surface area (Å²) in [6.07, 6.45) is 0.674. The number of nitrogens with zero attached hydrogens (tertiary/aromatic N) is 4. The van der Waals surface area contributed by atoms with E-state index in [1.165, 1.54) is 24.5 Å². The minimum Gasteiger partial charge on any atom is -0.386 e. The summed E-state index contributed by atoms with van der Waals surface area (Å²) in [6, 6.07) is 12.9. The molecule has 0 aliphatic rings. The van der Waals surface area contributed by atoms with E-state index in [9.17, 15) is 22.4 Å². The Kier molecular flexibility index (Phi) is 7.75. The van der Waals surface area contributed by atoms with E-state index >= 15 is 0 Å². The van der Waals surface area contributed by atoms with Crippen LogP contribution in [0.2, 0.25) is 0 Å². The van der Waals surface area contributed by atoms with Gasteiger partial charge in [0.15, 0.2) is 5.65 Å². The van der Waals surface area contributed by atoms with Gasteiger partial charge in [0.25, 0.3) is 0 Å². The van der Waals surface area contributed by atoms with E-state index in [0.29, 0.717) is 34.9 Å². The molecule has 0 saturated carbocycles. The molecule has 4 N–H and O–H groups in total. The standard InChI is InChI=1S/C17H14FN7.C8H6F3NO/c1-19-13-7-10(4-5-12(13)18)25-16-11(3-2-6-20-16)14-15-17(23-8-21-14)24-9-22-15;9-8(10,11)6-2-1-3-7(4-6)12-5-13/h2-9,19H,1H3,(H,20,25)(H,21,22,23,24);1-5H,(H,12,13). The molecule has 194 valence electrons. The molecular weight excluding hydrogens is 504 g/mol. The predicted octanol–water partition coefficient (Wildman–Crippen LogP) is 5.61. The number of anilines is 4. The van der Waals surface area contributed by atoms with Gasteiger partial charge in [0.2, 0.25) is 6.41 Å². The molecular formula is C25H20F4N8O. The number of hydrogen-bond acceptors (Lipinski definition) is 7. The zero-order valence-corrected chi connectivity index (χ0v) is 19.7. The SMILES string of the molecule is CNc1cc(Nc2ncccc2-c2ncnc3nc[nH]c23)ccc1F.O=CNc1cccc(C(F)(F)F)c1. The Morgan fingerprint density at radius 2 is 1.79 bits per heavy atom. The van der Waals surface area contributed by atoms with Gasteiger partial charge in [-0.3, -0.25) is 4.79 Å². The molecule has 0 aliphatic heterocycles. The molecule has 3 heterocycles. The topological polar surface area (TPSA) is 121 Å². The third-order valence-corrected chi connectivity index (χ3v) is 5.20. The van der Waals surface area contributed by atoms with E-state index in [2.05, 4.69) is 40.9 Å². The number of pyridine rings is 1. The van der Waals surface area contributed by atoms with Gasteiger partial charge in [-0.1, -0.05) is 6.07 Å². The first-order valence-electron chi connectivity index (χ1n) is 11.0. The first-order valence-corrected chi connectivity index (χ1v) is 11.0. The lowest BCUT2D eigenvalue weighted by molar-refractivity contribution is -0.137. The molecule has 9 nitrogen and oxygen atoms in total. The van der Waals surface area contributed by atoms with Crippen LogP contribution >= 0.6 is 0 Å². The summed E-state index contributed by atoms with van der Waals surface area (Å²) < 4.78 is 49.9. The van der Waals surface area contributed by atoms with Crippen LogP contribution in [0.4, 0.5) is 40.4 Å². The zero-order valence-electron chi connectivity index (χ0n) is 19.7. The van der Waals surface area contributed by atoms with E-state index in [1.54, 1.807) is 31.7 Å². The summed E-state index contributed by atoms with van der Waals surface area (Å²) in [5, 5.41) is 8.18. The van der Waals surface area contributed by atoms with Crippen LogP contribution in [0.15, 0.2) is 73.4 Å². The van der Waals surface area contributed by atoms with Crippen molar-refractivity contribution in [2.24, 2.45) is 0 Å². The summed E-state index contributed by atoms with van der Waals surface area (Å²) in [7, 11) is 1.67. The lowest BCUT2D eigenvalue weighted by atomic mass is 10.1. The molecule has 5 rings (SSSR count). The Morgan fingerprint density at radius 1 is 0.947 bits per heavy atom. The number of aromatic amines is 1. The lowest BCUT2D eigenvalue weighted by Gasteiger charge is -2.12. The second kappa shape index (κ2) is 11.3.